The average molecular weight is 261 g/mol. The Morgan fingerprint density at radius 2 is 1.79 bits per heavy atom. The molecule has 1 saturated heterocycles. The Bertz CT molecular complexity index is 395. The maximum atomic E-state index is 4.56. The van der Waals surface area contributed by atoms with Gasteiger partial charge >= 0.3 is 0 Å². The van der Waals surface area contributed by atoms with Crippen LogP contribution < -0.4 is 5.43 Å². The number of aromatic nitrogens is 1. The second kappa shape index (κ2) is 5.49. The lowest BCUT2D eigenvalue weighted by Crippen LogP contribution is -2.47. The standard InChI is InChI=1S/C16H27N3/c1-12-7-6-8-13(2)19(12)18-15-10-9-14(11-17-15)16(3,4)5/h9-13H,6-8H2,1-5H3,(H,17,18). The highest BCUT2D eigenvalue weighted by Gasteiger charge is 2.25. The highest BCUT2D eigenvalue weighted by molar-refractivity contribution is 5.36. The summed E-state index contributed by atoms with van der Waals surface area (Å²) in [6.07, 6.45) is 5.84. The fourth-order valence-corrected chi connectivity index (χ4v) is 2.68. The van der Waals surface area contributed by atoms with Crippen LogP contribution in [0.15, 0.2) is 18.3 Å². The monoisotopic (exact) mass is 261 g/mol. The number of hydrogen-bond donors (Lipinski definition) is 1. The third-order valence-electron chi connectivity index (χ3n) is 4.07. The summed E-state index contributed by atoms with van der Waals surface area (Å²) in [5, 5.41) is 2.35. The van der Waals surface area contributed by atoms with E-state index < -0.39 is 0 Å². The Labute approximate surface area is 117 Å². The van der Waals surface area contributed by atoms with Gasteiger partial charge in [0.05, 0.1) is 0 Å². The van der Waals surface area contributed by atoms with Gasteiger partial charge in [0, 0.05) is 18.3 Å². The van der Waals surface area contributed by atoms with Crippen molar-refractivity contribution in [1.82, 2.24) is 9.99 Å². The van der Waals surface area contributed by atoms with Crippen LogP contribution in [0.4, 0.5) is 5.82 Å². The van der Waals surface area contributed by atoms with Crippen molar-refractivity contribution in [3.8, 4) is 0 Å². The zero-order chi connectivity index (χ0) is 14.0. The molecule has 0 spiro atoms. The smallest absolute Gasteiger partial charge is 0.140 e. The Hall–Kier alpha value is -1.09. The average Bonchev–Trinajstić information content (AvgIpc) is 2.33. The second-order valence-corrected chi connectivity index (χ2v) is 6.83. The molecule has 19 heavy (non-hydrogen) atoms. The summed E-state index contributed by atoms with van der Waals surface area (Å²) in [4.78, 5) is 4.56. The summed E-state index contributed by atoms with van der Waals surface area (Å²) in [5.41, 5.74) is 4.92. The van der Waals surface area contributed by atoms with Gasteiger partial charge < -0.3 is 5.43 Å². The van der Waals surface area contributed by atoms with Crippen LogP contribution in [0.5, 0.6) is 0 Å². The van der Waals surface area contributed by atoms with Gasteiger partial charge in [-0.05, 0) is 43.7 Å². The predicted octanol–water partition coefficient (Wildman–Crippen LogP) is 3.97. The summed E-state index contributed by atoms with van der Waals surface area (Å²) in [6.45, 7) is 11.2. The predicted molar refractivity (Wildman–Crippen MR) is 81.2 cm³/mol. The summed E-state index contributed by atoms with van der Waals surface area (Å²) >= 11 is 0. The molecule has 106 valence electrons. The molecule has 1 aliphatic rings. The minimum absolute atomic E-state index is 0.164. The van der Waals surface area contributed by atoms with Crippen LogP contribution in [0.1, 0.15) is 59.4 Å². The van der Waals surface area contributed by atoms with Gasteiger partial charge in [-0.25, -0.2) is 9.99 Å². The first-order valence-electron chi connectivity index (χ1n) is 7.39. The molecule has 2 atom stereocenters. The van der Waals surface area contributed by atoms with Crippen molar-refractivity contribution in [3.05, 3.63) is 23.9 Å². The van der Waals surface area contributed by atoms with Crippen molar-refractivity contribution in [1.29, 1.82) is 0 Å². The van der Waals surface area contributed by atoms with Crippen LogP contribution in [0, 0.1) is 0 Å². The normalized spacial score (nSPS) is 25.3. The second-order valence-electron chi connectivity index (χ2n) is 6.83. The molecule has 0 aromatic carbocycles. The quantitative estimate of drug-likeness (QED) is 0.873. The lowest BCUT2D eigenvalue weighted by atomic mass is 9.88. The first kappa shape index (κ1) is 14.3. The Morgan fingerprint density at radius 1 is 1.16 bits per heavy atom. The van der Waals surface area contributed by atoms with E-state index in [1.165, 1.54) is 24.8 Å². The van der Waals surface area contributed by atoms with E-state index in [2.05, 4.69) is 62.2 Å². The fraction of sp³-hybridized carbons (Fsp3) is 0.688. The number of piperidine rings is 1. The lowest BCUT2D eigenvalue weighted by molar-refractivity contribution is 0.135. The largest absolute Gasteiger partial charge is 0.303 e. The van der Waals surface area contributed by atoms with Crippen molar-refractivity contribution < 1.29 is 0 Å². The molecule has 2 unspecified atom stereocenters. The van der Waals surface area contributed by atoms with Crippen molar-refractivity contribution in [2.75, 3.05) is 5.43 Å². The third kappa shape index (κ3) is 3.47. The van der Waals surface area contributed by atoms with Gasteiger partial charge in [-0.3, -0.25) is 0 Å². The molecular formula is C16H27N3. The number of rotatable bonds is 2. The van der Waals surface area contributed by atoms with E-state index in [1.54, 1.807) is 0 Å². The Kier molecular flexibility index (Phi) is 4.14. The highest BCUT2D eigenvalue weighted by atomic mass is 15.5. The van der Waals surface area contributed by atoms with Crippen LogP contribution in [0.25, 0.3) is 0 Å². The van der Waals surface area contributed by atoms with E-state index in [9.17, 15) is 0 Å². The van der Waals surface area contributed by atoms with E-state index in [0.29, 0.717) is 12.1 Å². The molecular weight excluding hydrogens is 234 g/mol. The molecule has 2 rings (SSSR count). The SMILES string of the molecule is CC1CCCC(C)N1Nc1ccc(C(C)(C)C)cn1. The van der Waals surface area contributed by atoms with Gasteiger partial charge in [0.1, 0.15) is 5.82 Å². The number of hydrogen-bond acceptors (Lipinski definition) is 3. The molecule has 1 aliphatic heterocycles. The van der Waals surface area contributed by atoms with E-state index in [4.69, 9.17) is 0 Å². The lowest BCUT2D eigenvalue weighted by Gasteiger charge is -2.39. The summed E-state index contributed by atoms with van der Waals surface area (Å²) < 4.78 is 0. The van der Waals surface area contributed by atoms with Gasteiger partial charge in [0.15, 0.2) is 0 Å². The number of anilines is 1. The minimum Gasteiger partial charge on any atom is -0.303 e. The maximum Gasteiger partial charge on any atom is 0.140 e. The number of nitrogens with zero attached hydrogens (tertiary/aromatic N) is 2. The van der Waals surface area contributed by atoms with Crippen LogP contribution in [0.2, 0.25) is 0 Å². The Balaban J connectivity index is 2.07. The van der Waals surface area contributed by atoms with E-state index in [-0.39, 0.29) is 5.41 Å². The van der Waals surface area contributed by atoms with Gasteiger partial charge in [0.25, 0.3) is 0 Å². The third-order valence-corrected chi connectivity index (χ3v) is 4.07. The maximum absolute atomic E-state index is 4.56. The van der Waals surface area contributed by atoms with Crippen LogP contribution in [-0.4, -0.2) is 22.1 Å². The molecule has 1 fully saturated rings. The van der Waals surface area contributed by atoms with Gasteiger partial charge in [0.2, 0.25) is 0 Å². The topological polar surface area (TPSA) is 28.2 Å². The van der Waals surface area contributed by atoms with E-state index >= 15 is 0 Å². The molecule has 0 bridgehead atoms. The summed E-state index contributed by atoms with van der Waals surface area (Å²) in [7, 11) is 0. The van der Waals surface area contributed by atoms with Crippen molar-refractivity contribution in [2.45, 2.75) is 71.4 Å². The van der Waals surface area contributed by atoms with Gasteiger partial charge in [-0.15, -0.1) is 0 Å². The summed E-state index contributed by atoms with van der Waals surface area (Å²) in [6, 6.07) is 5.42. The van der Waals surface area contributed by atoms with Crippen LogP contribution in [0.3, 0.4) is 0 Å². The fourth-order valence-electron chi connectivity index (χ4n) is 2.68. The Morgan fingerprint density at radius 3 is 2.26 bits per heavy atom. The van der Waals surface area contributed by atoms with Crippen LogP contribution >= 0.6 is 0 Å². The van der Waals surface area contributed by atoms with Crippen LogP contribution in [-0.2, 0) is 5.41 Å². The molecule has 3 nitrogen and oxygen atoms in total. The number of hydrazine groups is 1. The van der Waals surface area contributed by atoms with E-state index in [1.807, 2.05) is 6.20 Å². The van der Waals surface area contributed by atoms with Crippen molar-refractivity contribution in [2.24, 2.45) is 0 Å². The molecule has 0 radical (unpaired) electrons. The number of nitrogens with one attached hydrogen (secondary N) is 1. The molecule has 0 saturated carbocycles. The molecule has 3 heteroatoms. The van der Waals surface area contributed by atoms with Crippen molar-refractivity contribution >= 4 is 5.82 Å². The number of pyridine rings is 1. The first-order valence-corrected chi connectivity index (χ1v) is 7.39. The van der Waals surface area contributed by atoms with E-state index in [0.717, 1.165) is 5.82 Å². The molecule has 1 N–H and O–H groups in total. The molecule has 2 heterocycles. The highest BCUT2D eigenvalue weighted by Crippen LogP contribution is 2.25. The minimum atomic E-state index is 0.164. The molecule has 1 aromatic heterocycles. The molecule has 0 aliphatic carbocycles. The molecule has 0 amide bonds. The van der Waals surface area contributed by atoms with Crippen molar-refractivity contribution in [3.63, 3.8) is 0 Å². The van der Waals surface area contributed by atoms with Gasteiger partial charge in [-0.2, -0.15) is 0 Å². The zero-order valence-corrected chi connectivity index (χ0v) is 12.9. The molecule has 1 aromatic rings. The first-order chi connectivity index (χ1) is 8.88. The summed E-state index contributed by atoms with van der Waals surface area (Å²) in [5.74, 6) is 0.952. The van der Waals surface area contributed by atoms with Gasteiger partial charge in [-0.1, -0.05) is 33.3 Å². The zero-order valence-electron chi connectivity index (χ0n) is 12.9.